The molecule has 6 heteroatoms. The van der Waals surface area contributed by atoms with Crippen molar-refractivity contribution < 1.29 is 9.53 Å². The van der Waals surface area contributed by atoms with E-state index in [1.54, 1.807) is 43.4 Å². The smallest absolute Gasteiger partial charge is 0.312 e. The second kappa shape index (κ2) is 6.84. The molecule has 1 heterocycles. The Morgan fingerprint density at radius 2 is 1.92 bits per heavy atom. The number of aromatic nitrogens is 2. The number of ether oxygens (including phenoxy) is 1. The number of halogens is 1. The molecule has 122 valence electrons. The van der Waals surface area contributed by atoms with Crippen LogP contribution in [-0.2, 0) is 29.6 Å². The van der Waals surface area contributed by atoms with E-state index in [1.165, 1.54) is 4.68 Å². The third-order valence-corrected chi connectivity index (χ3v) is 3.87. The summed E-state index contributed by atoms with van der Waals surface area (Å²) in [5.41, 5.74) is 1.14. The van der Waals surface area contributed by atoms with Crippen molar-refractivity contribution in [1.82, 2.24) is 9.78 Å². The van der Waals surface area contributed by atoms with Crippen LogP contribution in [0.4, 0.5) is 0 Å². The Hall–Kier alpha value is -2.66. The number of carbonyl (C=O) groups excluding carboxylic acids is 1. The molecule has 5 nitrogen and oxygen atoms in total. The number of hydrogen-bond donors (Lipinski definition) is 0. The first-order chi connectivity index (χ1) is 11.5. The Bertz CT molecular complexity index is 966. The highest BCUT2D eigenvalue weighted by molar-refractivity contribution is 6.30. The molecule has 3 aromatic rings. The topological polar surface area (TPSA) is 61.2 Å². The summed E-state index contributed by atoms with van der Waals surface area (Å²) in [7, 11) is 1.57. The van der Waals surface area contributed by atoms with Crippen molar-refractivity contribution in [2.75, 3.05) is 0 Å². The zero-order valence-corrected chi connectivity index (χ0v) is 13.8. The highest BCUT2D eigenvalue weighted by Gasteiger charge is 2.13. The predicted octanol–water partition coefficient (Wildman–Crippen LogP) is 2.87. The standard InChI is InChI=1S/C18H15ClN2O3/c1-21-18(23)15-8-3-2-7-14(15)16(20-21)10-17(22)24-11-12-5-4-6-13(19)9-12/h2-9H,10-11H2,1H3. The first-order valence-electron chi connectivity index (χ1n) is 7.39. The van der Waals surface area contributed by atoms with Gasteiger partial charge in [0.05, 0.1) is 17.5 Å². The molecule has 2 aromatic carbocycles. The summed E-state index contributed by atoms with van der Waals surface area (Å²) < 4.78 is 6.52. The predicted molar refractivity (Wildman–Crippen MR) is 91.9 cm³/mol. The minimum Gasteiger partial charge on any atom is -0.461 e. The minimum absolute atomic E-state index is 0.00476. The van der Waals surface area contributed by atoms with E-state index in [-0.39, 0.29) is 18.6 Å². The lowest BCUT2D eigenvalue weighted by atomic mass is 10.1. The third-order valence-electron chi connectivity index (χ3n) is 3.63. The molecule has 0 amide bonds. The average Bonchev–Trinajstić information content (AvgIpc) is 2.58. The van der Waals surface area contributed by atoms with Crippen molar-refractivity contribution in [3.8, 4) is 0 Å². The van der Waals surface area contributed by atoms with Crippen LogP contribution < -0.4 is 5.56 Å². The molecule has 0 saturated heterocycles. The Morgan fingerprint density at radius 1 is 1.17 bits per heavy atom. The van der Waals surface area contributed by atoms with Gasteiger partial charge in [0.25, 0.3) is 5.56 Å². The normalized spacial score (nSPS) is 10.8. The lowest BCUT2D eigenvalue weighted by Crippen LogP contribution is -2.22. The maximum atomic E-state index is 12.1. The molecular formula is C18H15ClN2O3. The molecule has 1 aromatic heterocycles. The van der Waals surface area contributed by atoms with Crippen LogP contribution in [-0.4, -0.2) is 15.7 Å². The molecular weight excluding hydrogens is 328 g/mol. The van der Waals surface area contributed by atoms with Gasteiger partial charge >= 0.3 is 5.97 Å². The fourth-order valence-electron chi connectivity index (χ4n) is 2.48. The second-order valence-electron chi connectivity index (χ2n) is 5.39. The van der Waals surface area contributed by atoms with E-state index in [1.807, 2.05) is 12.1 Å². The van der Waals surface area contributed by atoms with E-state index in [9.17, 15) is 9.59 Å². The van der Waals surface area contributed by atoms with E-state index in [0.717, 1.165) is 5.56 Å². The zero-order valence-electron chi connectivity index (χ0n) is 13.0. The van der Waals surface area contributed by atoms with Crippen LogP contribution in [0.2, 0.25) is 5.02 Å². The molecule has 0 atom stereocenters. The molecule has 0 fully saturated rings. The van der Waals surface area contributed by atoms with Crippen LogP contribution in [0.25, 0.3) is 10.8 Å². The lowest BCUT2D eigenvalue weighted by molar-refractivity contribution is -0.144. The Labute approximate surface area is 143 Å². The van der Waals surface area contributed by atoms with Crippen LogP contribution in [0.15, 0.2) is 53.3 Å². The van der Waals surface area contributed by atoms with Crippen LogP contribution in [0, 0.1) is 0 Å². The Balaban J connectivity index is 1.78. The molecule has 0 radical (unpaired) electrons. The maximum Gasteiger partial charge on any atom is 0.312 e. The largest absolute Gasteiger partial charge is 0.461 e. The molecule has 0 aliphatic heterocycles. The second-order valence-corrected chi connectivity index (χ2v) is 5.82. The highest BCUT2D eigenvalue weighted by Crippen LogP contribution is 2.15. The number of nitrogens with zero attached hydrogens (tertiary/aromatic N) is 2. The monoisotopic (exact) mass is 342 g/mol. The summed E-state index contributed by atoms with van der Waals surface area (Å²) in [4.78, 5) is 24.2. The maximum absolute atomic E-state index is 12.1. The molecule has 0 unspecified atom stereocenters. The van der Waals surface area contributed by atoms with Crippen molar-refractivity contribution in [2.45, 2.75) is 13.0 Å². The van der Waals surface area contributed by atoms with Gasteiger partial charge in [-0.1, -0.05) is 41.9 Å². The number of carbonyl (C=O) groups is 1. The minimum atomic E-state index is -0.411. The van der Waals surface area contributed by atoms with E-state index < -0.39 is 5.97 Å². The Morgan fingerprint density at radius 3 is 2.67 bits per heavy atom. The van der Waals surface area contributed by atoms with E-state index in [0.29, 0.717) is 21.5 Å². The number of hydrogen-bond acceptors (Lipinski definition) is 4. The average molecular weight is 343 g/mol. The van der Waals surface area contributed by atoms with Gasteiger partial charge in [0.15, 0.2) is 0 Å². The third kappa shape index (κ3) is 3.46. The molecule has 3 rings (SSSR count). The van der Waals surface area contributed by atoms with Gasteiger partial charge < -0.3 is 4.74 Å². The van der Waals surface area contributed by atoms with Crippen molar-refractivity contribution in [3.63, 3.8) is 0 Å². The van der Waals surface area contributed by atoms with Gasteiger partial charge in [-0.05, 0) is 23.8 Å². The highest BCUT2D eigenvalue weighted by atomic mass is 35.5. The van der Waals surface area contributed by atoms with Gasteiger partial charge in [0.2, 0.25) is 0 Å². The van der Waals surface area contributed by atoms with Gasteiger partial charge in [-0.15, -0.1) is 0 Å². The van der Waals surface area contributed by atoms with Gasteiger partial charge in [-0.2, -0.15) is 5.10 Å². The first-order valence-corrected chi connectivity index (χ1v) is 7.77. The number of fused-ring (bicyclic) bond motifs is 1. The fraction of sp³-hybridized carbons (Fsp3) is 0.167. The number of esters is 1. The molecule has 0 spiro atoms. The summed E-state index contributed by atoms with van der Waals surface area (Å²) in [5, 5.41) is 5.99. The van der Waals surface area contributed by atoms with Crippen molar-refractivity contribution in [2.24, 2.45) is 7.05 Å². The van der Waals surface area contributed by atoms with E-state index >= 15 is 0 Å². The summed E-state index contributed by atoms with van der Waals surface area (Å²) in [6.45, 7) is 0.142. The van der Waals surface area contributed by atoms with Gasteiger partial charge in [0.1, 0.15) is 6.61 Å². The van der Waals surface area contributed by atoms with Crippen LogP contribution in [0.3, 0.4) is 0 Å². The molecule has 0 N–H and O–H groups in total. The van der Waals surface area contributed by atoms with Crippen molar-refractivity contribution in [1.29, 1.82) is 0 Å². The van der Waals surface area contributed by atoms with E-state index in [4.69, 9.17) is 16.3 Å². The van der Waals surface area contributed by atoms with Crippen LogP contribution >= 0.6 is 11.6 Å². The molecule has 0 saturated carbocycles. The Kier molecular flexibility index (Phi) is 4.62. The summed E-state index contributed by atoms with van der Waals surface area (Å²) in [6, 6.07) is 14.2. The fourth-order valence-corrected chi connectivity index (χ4v) is 2.70. The van der Waals surface area contributed by atoms with Crippen LogP contribution in [0.5, 0.6) is 0 Å². The first kappa shape index (κ1) is 16.2. The number of rotatable bonds is 4. The molecule has 0 aliphatic carbocycles. The van der Waals surface area contributed by atoms with Gasteiger partial charge in [-0.3, -0.25) is 9.59 Å². The molecule has 24 heavy (non-hydrogen) atoms. The van der Waals surface area contributed by atoms with Crippen molar-refractivity contribution >= 4 is 28.3 Å². The zero-order chi connectivity index (χ0) is 17.1. The molecule has 0 aliphatic rings. The molecule has 0 bridgehead atoms. The lowest BCUT2D eigenvalue weighted by Gasteiger charge is -2.08. The summed E-state index contributed by atoms with van der Waals surface area (Å²) >= 11 is 5.90. The van der Waals surface area contributed by atoms with Gasteiger partial charge in [-0.25, -0.2) is 4.68 Å². The van der Waals surface area contributed by atoms with Crippen LogP contribution in [0.1, 0.15) is 11.3 Å². The quantitative estimate of drug-likeness (QED) is 0.684. The van der Waals surface area contributed by atoms with E-state index in [2.05, 4.69) is 5.10 Å². The van der Waals surface area contributed by atoms with Gasteiger partial charge in [0, 0.05) is 17.5 Å². The number of benzene rings is 2. The SMILES string of the molecule is Cn1nc(CC(=O)OCc2cccc(Cl)c2)c2ccccc2c1=O. The number of aryl methyl sites for hydroxylation is 1. The summed E-state index contributed by atoms with van der Waals surface area (Å²) in [5.74, 6) is -0.411. The van der Waals surface area contributed by atoms with Crippen molar-refractivity contribution in [3.05, 3.63) is 75.2 Å². The summed E-state index contributed by atoms with van der Waals surface area (Å²) in [6.07, 6.45) is -0.00476.